The summed E-state index contributed by atoms with van der Waals surface area (Å²) in [5.41, 5.74) is 0.313. The minimum Gasteiger partial charge on any atom is -0.334 e. The van der Waals surface area contributed by atoms with E-state index in [9.17, 15) is 27.6 Å². The normalized spacial score (nSPS) is 22.5. The van der Waals surface area contributed by atoms with Gasteiger partial charge in [0, 0.05) is 31.4 Å². The van der Waals surface area contributed by atoms with E-state index in [1.807, 2.05) is 49.5 Å². The van der Waals surface area contributed by atoms with E-state index < -0.39 is 23.5 Å². The average molecular weight is 459 g/mol. The van der Waals surface area contributed by atoms with Gasteiger partial charge in [0.1, 0.15) is 5.41 Å². The van der Waals surface area contributed by atoms with Crippen molar-refractivity contribution < 1.29 is 27.6 Å². The summed E-state index contributed by atoms with van der Waals surface area (Å²) < 4.78 is 38.4. The first-order chi connectivity index (χ1) is 15.5. The highest BCUT2D eigenvalue weighted by Crippen LogP contribution is 2.57. The second-order valence-corrected chi connectivity index (χ2v) is 8.95. The van der Waals surface area contributed by atoms with Gasteiger partial charge in [0.15, 0.2) is 0 Å². The van der Waals surface area contributed by atoms with Gasteiger partial charge in [-0.15, -0.1) is 0 Å². The van der Waals surface area contributed by atoms with Crippen LogP contribution in [0.2, 0.25) is 0 Å². The maximum atomic E-state index is 13.7. The number of hydrogen-bond donors (Lipinski definition) is 1. The van der Waals surface area contributed by atoms with Crippen molar-refractivity contribution >= 4 is 29.1 Å². The molecule has 1 unspecified atom stereocenters. The molecule has 2 atom stereocenters. The number of nitrogens with one attached hydrogen (secondary N) is 1. The Bertz CT molecular complexity index is 1120. The molecule has 174 valence electrons. The Hall–Kier alpha value is -3.36. The molecule has 1 saturated heterocycles. The number of likely N-dealkylation sites (N-methyl/N-ethyl adjacent to an activating group) is 1. The fourth-order valence-electron chi connectivity index (χ4n) is 4.97. The van der Waals surface area contributed by atoms with E-state index in [2.05, 4.69) is 0 Å². The zero-order valence-corrected chi connectivity index (χ0v) is 18.4. The molecule has 33 heavy (non-hydrogen) atoms. The van der Waals surface area contributed by atoms with Crippen LogP contribution in [0, 0.1) is 5.92 Å². The summed E-state index contributed by atoms with van der Waals surface area (Å²) in [5.74, 6) is -2.46. The van der Waals surface area contributed by atoms with Crippen molar-refractivity contribution in [3.63, 3.8) is 0 Å². The van der Waals surface area contributed by atoms with Gasteiger partial charge >= 0.3 is 12.1 Å². The van der Waals surface area contributed by atoms with E-state index in [4.69, 9.17) is 0 Å². The van der Waals surface area contributed by atoms with Crippen LogP contribution in [-0.4, -0.2) is 42.4 Å². The zero-order chi connectivity index (χ0) is 24.1. The van der Waals surface area contributed by atoms with E-state index in [1.54, 1.807) is 11.9 Å². The first kappa shape index (κ1) is 22.8. The SMILES string of the molecule is CC(C)CN1C(=O)C[C@@]2(C(=O)N(C)c3ccc(NC(=O)C(F)(F)F)cc32)C1c1ccccc1. The zero-order valence-electron chi connectivity index (χ0n) is 18.4. The molecule has 2 aromatic rings. The van der Waals surface area contributed by atoms with Crippen molar-refractivity contribution in [2.45, 2.75) is 37.9 Å². The number of rotatable bonds is 4. The lowest BCUT2D eigenvalue weighted by Crippen LogP contribution is -2.44. The maximum Gasteiger partial charge on any atom is 0.471 e. The summed E-state index contributed by atoms with van der Waals surface area (Å²) in [6, 6.07) is 12.8. The monoisotopic (exact) mass is 459 g/mol. The fraction of sp³-hybridized carbons (Fsp3) is 0.375. The number of carbonyl (C=O) groups is 3. The molecule has 2 aliphatic heterocycles. The molecule has 2 heterocycles. The van der Waals surface area contributed by atoms with Gasteiger partial charge in [0.05, 0.1) is 6.04 Å². The number of hydrogen-bond acceptors (Lipinski definition) is 3. The molecule has 0 bridgehead atoms. The van der Waals surface area contributed by atoms with Gasteiger partial charge in [-0.3, -0.25) is 14.4 Å². The summed E-state index contributed by atoms with van der Waals surface area (Å²) >= 11 is 0. The molecular formula is C24H24F3N3O3. The topological polar surface area (TPSA) is 69.7 Å². The molecule has 0 radical (unpaired) electrons. The van der Waals surface area contributed by atoms with Gasteiger partial charge in [-0.1, -0.05) is 44.2 Å². The molecule has 2 aliphatic rings. The van der Waals surface area contributed by atoms with E-state index in [1.165, 1.54) is 23.1 Å². The van der Waals surface area contributed by atoms with Crippen LogP contribution >= 0.6 is 0 Å². The van der Waals surface area contributed by atoms with Crippen LogP contribution in [0.4, 0.5) is 24.5 Å². The summed E-state index contributed by atoms with van der Waals surface area (Å²) in [6.07, 6.45) is -5.15. The Morgan fingerprint density at radius 2 is 1.82 bits per heavy atom. The van der Waals surface area contributed by atoms with E-state index >= 15 is 0 Å². The third-order valence-corrected chi connectivity index (χ3v) is 6.25. The Balaban J connectivity index is 1.89. The Morgan fingerprint density at radius 3 is 2.42 bits per heavy atom. The highest BCUT2D eigenvalue weighted by atomic mass is 19.4. The Labute approximate surface area is 189 Å². The lowest BCUT2D eigenvalue weighted by molar-refractivity contribution is -0.167. The van der Waals surface area contributed by atoms with Crippen molar-refractivity contribution in [3.05, 3.63) is 59.7 Å². The first-order valence-corrected chi connectivity index (χ1v) is 10.6. The molecule has 0 aliphatic carbocycles. The second-order valence-electron chi connectivity index (χ2n) is 8.95. The highest BCUT2D eigenvalue weighted by Gasteiger charge is 2.63. The molecule has 2 aromatic carbocycles. The van der Waals surface area contributed by atoms with Crippen LogP contribution in [-0.2, 0) is 19.8 Å². The number of amides is 3. The van der Waals surface area contributed by atoms with E-state index in [-0.39, 0.29) is 29.8 Å². The highest BCUT2D eigenvalue weighted by molar-refractivity contribution is 6.12. The third kappa shape index (κ3) is 3.65. The number of anilines is 2. The number of alkyl halides is 3. The third-order valence-electron chi connectivity index (χ3n) is 6.25. The predicted molar refractivity (Wildman–Crippen MR) is 117 cm³/mol. The Morgan fingerprint density at radius 1 is 1.15 bits per heavy atom. The molecule has 0 aromatic heterocycles. The van der Waals surface area contributed by atoms with Crippen molar-refractivity contribution in [1.82, 2.24) is 4.90 Å². The number of nitrogens with zero attached hydrogens (tertiary/aromatic N) is 2. The first-order valence-electron chi connectivity index (χ1n) is 10.6. The minimum absolute atomic E-state index is 0.0832. The van der Waals surface area contributed by atoms with Crippen LogP contribution in [0.25, 0.3) is 0 Å². The van der Waals surface area contributed by atoms with Crippen LogP contribution in [0.15, 0.2) is 48.5 Å². The van der Waals surface area contributed by atoms with Crippen LogP contribution < -0.4 is 10.2 Å². The molecule has 1 N–H and O–H groups in total. The smallest absolute Gasteiger partial charge is 0.334 e. The van der Waals surface area contributed by atoms with Crippen molar-refractivity contribution in [2.75, 3.05) is 23.8 Å². The van der Waals surface area contributed by atoms with Crippen molar-refractivity contribution in [3.8, 4) is 0 Å². The molecule has 4 rings (SSSR count). The number of fused-ring (bicyclic) bond motifs is 2. The van der Waals surface area contributed by atoms with E-state index in [0.717, 1.165) is 5.56 Å². The number of likely N-dealkylation sites (tertiary alicyclic amines) is 1. The minimum atomic E-state index is -5.05. The number of halogens is 3. The van der Waals surface area contributed by atoms with Crippen LogP contribution in [0.1, 0.15) is 37.4 Å². The molecular weight excluding hydrogens is 435 g/mol. The van der Waals surface area contributed by atoms with Gasteiger partial charge in [-0.25, -0.2) is 0 Å². The summed E-state index contributed by atoms with van der Waals surface area (Å²) in [5, 5.41) is 1.86. The summed E-state index contributed by atoms with van der Waals surface area (Å²) in [4.78, 5) is 41.6. The van der Waals surface area contributed by atoms with Crippen molar-refractivity contribution in [1.29, 1.82) is 0 Å². The number of carbonyl (C=O) groups excluding carboxylic acids is 3. The predicted octanol–water partition coefficient (Wildman–Crippen LogP) is 4.03. The van der Waals surface area contributed by atoms with E-state index in [0.29, 0.717) is 17.8 Å². The van der Waals surface area contributed by atoms with Crippen molar-refractivity contribution in [2.24, 2.45) is 5.92 Å². The summed E-state index contributed by atoms with van der Waals surface area (Å²) in [7, 11) is 1.58. The number of benzene rings is 2. The van der Waals surface area contributed by atoms with Crippen LogP contribution in [0.3, 0.4) is 0 Å². The Kier molecular flexibility index (Phi) is 5.46. The molecule has 3 amide bonds. The quantitative estimate of drug-likeness (QED) is 0.751. The molecule has 9 heteroatoms. The second kappa shape index (κ2) is 7.90. The lowest BCUT2D eigenvalue weighted by atomic mass is 9.72. The standard InChI is InChI=1S/C24H24F3N3O3/c1-14(2)13-30-19(31)12-23(20(30)15-7-5-4-6-8-15)17-11-16(28-21(32)24(25,26)27)9-10-18(17)29(3)22(23)33/h4-11,14,20H,12-13H2,1-3H3,(H,28,32)/t20?,23-/m0/s1. The van der Waals surface area contributed by atoms with Gasteiger partial charge < -0.3 is 15.1 Å². The van der Waals surface area contributed by atoms with Gasteiger partial charge in [0.2, 0.25) is 11.8 Å². The maximum absolute atomic E-state index is 13.7. The summed E-state index contributed by atoms with van der Waals surface area (Å²) in [6.45, 7) is 4.38. The van der Waals surface area contributed by atoms with Gasteiger partial charge in [-0.2, -0.15) is 13.2 Å². The van der Waals surface area contributed by atoms with Gasteiger partial charge in [0.25, 0.3) is 0 Å². The van der Waals surface area contributed by atoms with Crippen LogP contribution in [0.5, 0.6) is 0 Å². The molecule has 1 spiro atoms. The largest absolute Gasteiger partial charge is 0.471 e. The molecule has 0 saturated carbocycles. The molecule has 1 fully saturated rings. The lowest BCUT2D eigenvalue weighted by Gasteiger charge is -2.35. The molecule has 6 nitrogen and oxygen atoms in total. The van der Waals surface area contributed by atoms with Gasteiger partial charge in [-0.05, 0) is 35.2 Å². The fourth-order valence-corrected chi connectivity index (χ4v) is 4.97. The average Bonchev–Trinajstić information content (AvgIpc) is 3.14.